The highest BCUT2D eigenvalue weighted by Gasteiger charge is 2.39. The minimum Gasteiger partial charge on any atom is -0.388 e. The van der Waals surface area contributed by atoms with Gasteiger partial charge in [-0.2, -0.15) is 0 Å². The molecule has 1 saturated heterocycles. The number of nitrogens with zero attached hydrogens (tertiary/aromatic N) is 1. The van der Waals surface area contributed by atoms with Crippen molar-refractivity contribution < 1.29 is 5.11 Å². The summed E-state index contributed by atoms with van der Waals surface area (Å²) in [5.74, 6) is 0.435. The second-order valence-corrected chi connectivity index (χ2v) is 5.71. The smallest absolute Gasteiger partial charge is 0.0797 e. The summed E-state index contributed by atoms with van der Waals surface area (Å²) < 4.78 is 0. The predicted octanol–water partition coefficient (Wildman–Crippen LogP) is 1.35. The molecule has 1 aliphatic carbocycles. The summed E-state index contributed by atoms with van der Waals surface area (Å²) in [5.41, 5.74) is 5.15. The Bertz CT molecular complexity index is 234. The highest BCUT2D eigenvalue weighted by molar-refractivity contribution is 4.93. The lowest BCUT2D eigenvalue weighted by Gasteiger charge is -2.31. The zero-order valence-corrected chi connectivity index (χ0v) is 10.5. The summed E-state index contributed by atoms with van der Waals surface area (Å²) in [5, 5.41) is 10.4. The average molecular weight is 226 g/mol. The lowest BCUT2D eigenvalue weighted by molar-refractivity contribution is 0.00433. The number of rotatable bonds is 4. The first-order valence-corrected chi connectivity index (χ1v) is 6.82. The molecule has 3 N–H and O–H groups in total. The Morgan fingerprint density at radius 3 is 2.81 bits per heavy atom. The third-order valence-electron chi connectivity index (χ3n) is 4.73. The van der Waals surface area contributed by atoms with Crippen LogP contribution in [0.25, 0.3) is 0 Å². The van der Waals surface area contributed by atoms with Gasteiger partial charge in [-0.3, -0.25) is 0 Å². The molecule has 0 aromatic carbocycles. The largest absolute Gasteiger partial charge is 0.388 e. The Morgan fingerprint density at radius 2 is 2.19 bits per heavy atom. The van der Waals surface area contributed by atoms with Gasteiger partial charge in [0, 0.05) is 12.6 Å². The fourth-order valence-corrected chi connectivity index (χ4v) is 3.46. The molecule has 2 aliphatic rings. The predicted molar refractivity (Wildman–Crippen MR) is 66.2 cm³/mol. The molecule has 16 heavy (non-hydrogen) atoms. The molecule has 1 heterocycles. The van der Waals surface area contributed by atoms with E-state index in [1.54, 1.807) is 0 Å². The van der Waals surface area contributed by atoms with E-state index in [0.717, 1.165) is 38.3 Å². The van der Waals surface area contributed by atoms with Crippen LogP contribution in [0.1, 0.15) is 45.4 Å². The number of nitrogens with two attached hydrogens (primary N) is 1. The van der Waals surface area contributed by atoms with Crippen molar-refractivity contribution in [3.63, 3.8) is 0 Å². The van der Waals surface area contributed by atoms with E-state index in [1.165, 1.54) is 19.4 Å². The van der Waals surface area contributed by atoms with Gasteiger partial charge in [0.25, 0.3) is 0 Å². The van der Waals surface area contributed by atoms with Crippen molar-refractivity contribution in [3.8, 4) is 0 Å². The van der Waals surface area contributed by atoms with Gasteiger partial charge in [0.1, 0.15) is 0 Å². The summed E-state index contributed by atoms with van der Waals surface area (Å²) in [6.45, 7) is 5.15. The zero-order valence-electron chi connectivity index (χ0n) is 10.5. The Morgan fingerprint density at radius 1 is 1.38 bits per heavy atom. The zero-order chi connectivity index (χ0) is 11.6. The topological polar surface area (TPSA) is 49.5 Å². The van der Waals surface area contributed by atoms with Gasteiger partial charge in [-0.25, -0.2) is 0 Å². The van der Waals surface area contributed by atoms with Crippen LogP contribution in [-0.4, -0.2) is 41.3 Å². The second-order valence-electron chi connectivity index (χ2n) is 5.71. The van der Waals surface area contributed by atoms with E-state index in [0.29, 0.717) is 12.5 Å². The summed E-state index contributed by atoms with van der Waals surface area (Å²) >= 11 is 0. The number of aliphatic hydroxyl groups is 1. The van der Waals surface area contributed by atoms with Crippen molar-refractivity contribution in [2.24, 2.45) is 11.7 Å². The summed E-state index contributed by atoms with van der Waals surface area (Å²) in [6, 6.07) is 0.743. The molecule has 0 amide bonds. The second kappa shape index (κ2) is 5.03. The Kier molecular flexibility index (Phi) is 3.88. The molecular formula is C13H26N2O. The maximum atomic E-state index is 10.4. The van der Waals surface area contributed by atoms with Crippen LogP contribution in [0.15, 0.2) is 0 Å². The van der Waals surface area contributed by atoms with Gasteiger partial charge in [-0.05, 0) is 58.0 Å². The molecule has 0 spiro atoms. The highest BCUT2D eigenvalue weighted by Crippen LogP contribution is 2.37. The van der Waals surface area contributed by atoms with Gasteiger partial charge >= 0.3 is 0 Å². The van der Waals surface area contributed by atoms with Gasteiger partial charge < -0.3 is 15.7 Å². The number of likely N-dealkylation sites (tertiary alicyclic amines) is 1. The minimum atomic E-state index is -0.553. The summed E-state index contributed by atoms with van der Waals surface area (Å²) in [4.78, 5) is 2.56. The molecule has 2 rings (SSSR count). The lowest BCUT2D eigenvalue weighted by Crippen LogP contribution is -2.42. The third-order valence-corrected chi connectivity index (χ3v) is 4.73. The van der Waals surface area contributed by atoms with Crippen LogP contribution in [0.3, 0.4) is 0 Å². The maximum absolute atomic E-state index is 10.4. The minimum absolute atomic E-state index is 0.435. The lowest BCUT2D eigenvalue weighted by atomic mass is 9.88. The van der Waals surface area contributed by atoms with E-state index in [2.05, 4.69) is 11.8 Å². The van der Waals surface area contributed by atoms with Gasteiger partial charge in [0.05, 0.1) is 5.60 Å². The first-order chi connectivity index (χ1) is 7.65. The number of hydrogen-bond acceptors (Lipinski definition) is 3. The van der Waals surface area contributed by atoms with Crippen LogP contribution >= 0.6 is 0 Å². The molecule has 0 bridgehead atoms. The van der Waals surface area contributed by atoms with Gasteiger partial charge in [0.15, 0.2) is 0 Å². The molecule has 2 fully saturated rings. The first kappa shape index (κ1) is 12.3. The normalized spacial score (nSPS) is 40.7. The molecule has 0 radical (unpaired) electrons. The van der Waals surface area contributed by atoms with E-state index in [9.17, 15) is 5.11 Å². The molecule has 1 saturated carbocycles. The van der Waals surface area contributed by atoms with Gasteiger partial charge in [-0.15, -0.1) is 0 Å². The van der Waals surface area contributed by atoms with Gasteiger partial charge in [0.2, 0.25) is 0 Å². The van der Waals surface area contributed by atoms with Crippen molar-refractivity contribution >= 4 is 0 Å². The van der Waals surface area contributed by atoms with Crippen molar-refractivity contribution in [1.82, 2.24) is 4.90 Å². The van der Waals surface area contributed by atoms with Crippen molar-refractivity contribution in [2.45, 2.75) is 57.1 Å². The van der Waals surface area contributed by atoms with Crippen LogP contribution in [0.5, 0.6) is 0 Å². The molecule has 0 aromatic heterocycles. The van der Waals surface area contributed by atoms with E-state index in [4.69, 9.17) is 5.73 Å². The molecule has 0 aromatic rings. The highest BCUT2D eigenvalue weighted by atomic mass is 16.3. The first-order valence-electron chi connectivity index (χ1n) is 6.82. The molecule has 1 aliphatic heterocycles. The van der Waals surface area contributed by atoms with E-state index < -0.39 is 5.60 Å². The Balaban J connectivity index is 1.81. The summed E-state index contributed by atoms with van der Waals surface area (Å²) in [7, 11) is 0. The van der Waals surface area contributed by atoms with Crippen LogP contribution in [0, 0.1) is 5.92 Å². The Labute approximate surface area is 99.0 Å². The quantitative estimate of drug-likeness (QED) is 0.761. The average Bonchev–Trinajstić information content (AvgIpc) is 2.83. The van der Waals surface area contributed by atoms with Crippen molar-refractivity contribution in [1.29, 1.82) is 0 Å². The van der Waals surface area contributed by atoms with E-state index in [1.807, 2.05) is 0 Å². The molecule has 3 unspecified atom stereocenters. The van der Waals surface area contributed by atoms with Crippen LogP contribution in [-0.2, 0) is 0 Å². The third kappa shape index (κ3) is 2.41. The van der Waals surface area contributed by atoms with Crippen LogP contribution in [0.4, 0.5) is 0 Å². The molecule has 3 nitrogen and oxygen atoms in total. The fourth-order valence-electron chi connectivity index (χ4n) is 3.46. The standard InChI is InChI=1S/C13H26N2O/c1-11-4-3-8-15(11)9-6-12-5-2-7-13(12,16)10-14/h11-12,16H,2-10,14H2,1H3. The molecular weight excluding hydrogens is 200 g/mol. The van der Waals surface area contributed by atoms with E-state index >= 15 is 0 Å². The van der Waals surface area contributed by atoms with E-state index in [-0.39, 0.29) is 0 Å². The van der Waals surface area contributed by atoms with Crippen molar-refractivity contribution in [3.05, 3.63) is 0 Å². The maximum Gasteiger partial charge on any atom is 0.0797 e. The van der Waals surface area contributed by atoms with Gasteiger partial charge in [-0.1, -0.05) is 6.42 Å². The summed E-state index contributed by atoms with van der Waals surface area (Å²) in [6.07, 6.45) is 7.02. The van der Waals surface area contributed by atoms with Crippen molar-refractivity contribution in [2.75, 3.05) is 19.6 Å². The number of hydrogen-bond donors (Lipinski definition) is 2. The Hall–Kier alpha value is -0.120. The van der Waals surface area contributed by atoms with Crippen LogP contribution < -0.4 is 5.73 Å². The molecule has 3 atom stereocenters. The monoisotopic (exact) mass is 226 g/mol. The molecule has 94 valence electrons. The van der Waals surface area contributed by atoms with Crippen LogP contribution in [0.2, 0.25) is 0 Å². The fraction of sp³-hybridized carbons (Fsp3) is 1.00. The SMILES string of the molecule is CC1CCCN1CCC1CCCC1(O)CN. The molecule has 3 heteroatoms.